The van der Waals surface area contributed by atoms with Crippen LogP contribution < -0.4 is 5.32 Å². The van der Waals surface area contributed by atoms with Gasteiger partial charge in [0.05, 0.1) is 6.42 Å². The Morgan fingerprint density at radius 3 is 2.47 bits per heavy atom. The first-order chi connectivity index (χ1) is 8.81. The van der Waals surface area contributed by atoms with Gasteiger partial charge in [0.2, 0.25) is 0 Å². The Bertz CT molecular complexity index is 486. The molecule has 1 rings (SSSR count). The summed E-state index contributed by atoms with van der Waals surface area (Å²) in [6.45, 7) is 5.59. The lowest BCUT2D eigenvalue weighted by molar-refractivity contribution is -0.137. The lowest BCUT2D eigenvalue weighted by Gasteiger charge is -2.20. The number of halogens is 1. The fraction of sp³-hybridized carbons (Fsp3) is 0.429. The van der Waals surface area contributed by atoms with Crippen LogP contribution >= 0.6 is 11.6 Å². The first-order valence-corrected chi connectivity index (χ1v) is 6.48. The van der Waals surface area contributed by atoms with E-state index < -0.39 is 12.0 Å². The van der Waals surface area contributed by atoms with Crippen molar-refractivity contribution in [1.82, 2.24) is 5.32 Å². The van der Waals surface area contributed by atoms with Crippen LogP contribution in [-0.4, -0.2) is 23.0 Å². The van der Waals surface area contributed by atoms with Crippen molar-refractivity contribution < 1.29 is 14.7 Å². The van der Waals surface area contributed by atoms with Gasteiger partial charge in [-0.15, -0.1) is 0 Å². The molecule has 1 amide bonds. The summed E-state index contributed by atoms with van der Waals surface area (Å²) in [5, 5.41) is 12.1. The Kier molecular flexibility index (Phi) is 5.36. The van der Waals surface area contributed by atoms with E-state index in [0.29, 0.717) is 10.6 Å². The molecule has 104 valence electrons. The Balaban J connectivity index is 2.81. The maximum atomic E-state index is 12.0. The van der Waals surface area contributed by atoms with Gasteiger partial charge in [-0.3, -0.25) is 9.59 Å². The molecule has 0 saturated heterocycles. The van der Waals surface area contributed by atoms with Crippen LogP contribution in [0.1, 0.15) is 36.2 Å². The van der Waals surface area contributed by atoms with Crippen molar-refractivity contribution in [2.24, 2.45) is 5.92 Å². The first-order valence-electron chi connectivity index (χ1n) is 6.10. The molecule has 0 aliphatic carbocycles. The molecule has 0 bridgehead atoms. The fourth-order valence-corrected chi connectivity index (χ4v) is 1.81. The number of aryl methyl sites for hydroxylation is 1. The van der Waals surface area contributed by atoms with Crippen molar-refractivity contribution in [1.29, 1.82) is 0 Å². The number of hydrogen-bond donors (Lipinski definition) is 2. The van der Waals surface area contributed by atoms with Crippen LogP contribution in [0.25, 0.3) is 0 Å². The van der Waals surface area contributed by atoms with E-state index in [1.54, 1.807) is 18.2 Å². The van der Waals surface area contributed by atoms with Crippen LogP contribution in [0, 0.1) is 12.8 Å². The number of nitrogens with one attached hydrogen (secondary N) is 1. The van der Waals surface area contributed by atoms with Gasteiger partial charge in [0.15, 0.2) is 0 Å². The molecule has 2 N–H and O–H groups in total. The topological polar surface area (TPSA) is 66.4 Å². The summed E-state index contributed by atoms with van der Waals surface area (Å²) in [5.74, 6) is -1.19. The van der Waals surface area contributed by atoms with Gasteiger partial charge in [-0.2, -0.15) is 0 Å². The van der Waals surface area contributed by atoms with Gasteiger partial charge >= 0.3 is 5.97 Å². The molecule has 0 aromatic heterocycles. The minimum atomic E-state index is -0.930. The van der Waals surface area contributed by atoms with E-state index in [9.17, 15) is 9.59 Å². The molecule has 0 aliphatic rings. The summed E-state index contributed by atoms with van der Waals surface area (Å²) in [4.78, 5) is 22.8. The average molecular weight is 284 g/mol. The molecule has 0 fully saturated rings. The second-order valence-corrected chi connectivity index (χ2v) is 5.29. The van der Waals surface area contributed by atoms with Crippen molar-refractivity contribution in [3.05, 3.63) is 34.3 Å². The molecule has 4 nitrogen and oxygen atoms in total. The van der Waals surface area contributed by atoms with E-state index in [4.69, 9.17) is 16.7 Å². The van der Waals surface area contributed by atoms with Gasteiger partial charge in [0.25, 0.3) is 5.91 Å². The largest absolute Gasteiger partial charge is 0.481 e. The number of carbonyl (C=O) groups is 2. The number of amides is 1. The number of benzene rings is 1. The predicted molar refractivity (Wildman–Crippen MR) is 74.5 cm³/mol. The third kappa shape index (κ3) is 4.56. The van der Waals surface area contributed by atoms with Crippen LogP contribution in [0.15, 0.2) is 18.2 Å². The summed E-state index contributed by atoms with van der Waals surface area (Å²) in [6.07, 6.45) is -0.0942. The zero-order valence-electron chi connectivity index (χ0n) is 11.2. The molecule has 0 spiro atoms. The van der Waals surface area contributed by atoms with E-state index in [1.165, 1.54) is 0 Å². The molecule has 0 aliphatic heterocycles. The number of carbonyl (C=O) groups excluding carboxylic acids is 1. The van der Waals surface area contributed by atoms with Crippen molar-refractivity contribution in [3.63, 3.8) is 0 Å². The molecular weight excluding hydrogens is 266 g/mol. The highest BCUT2D eigenvalue weighted by Crippen LogP contribution is 2.17. The number of rotatable bonds is 5. The smallest absolute Gasteiger partial charge is 0.305 e. The van der Waals surface area contributed by atoms with E-state index in [1.807, 2.05) is 20.8 Å². The van der Waals surface area contributed by atoms with Crippen LogP contribution in [0.2, 0.25) is 5.02 Å². The molecule has 0 saturated carbocycles. The van der Waals surface area contributed by atoms with E-state index >= 15 is 0 Å². The maximum absolute atomic E-state index is 12.0. The molecule has 1 aromatic rings. The van der Waals surface area contributed by atoms with E-state index in [-0.39, 0.29) is 18.2 Å². The molecule has 1 aromatic carbocycles. The normalized spacial score (nSPS) is 12.3. The Morgan fingerprint density at radius 1 is 1.37 bits per heavy atom. The van der Waals surface area contributed by atoms with Crippen molar-refractivity contribution in [2.75, 3.05) is 0 Å². The maximum Gasteiger partial charge on any atom is 0.305 e. The van der Waals surface area contributed by atoms with Crippen LogP contribution in [-0.2, 0) is 4.79 Å². The Labute approximate surface area is 117 Å². The molecular formula is C14H18ClNO3. The number of carboxylic acids is 1. The van der Waals surface area contributed by atoms with Crippen molar-refractivity contribution in [2.45, 2.75) is 33.2 Å². The number of hydrogen-bond acceptors (Lipinski definition) is 2. The third-order valence-electron chi connectivity index (χ3n) is 2.95. The molecule has 0 radical (unpaired) electrons. The van der Waals surface area contributed by atoms with Gasteiger partial charge in [0.1, 0.15) is 0 Å². The molecule has 0 heterocycles. The second kappa shape index (κ2) is 6.57. The van der Waals surface area contributed by atoms with E-state index in [0.717, 1.165) is 5.56 Å². The monoisotopic (exact) mass is 283 g/mol. The summed E-state index contributed by atoms with van der Waals surface area (Å²) in [6, 6.07) is 4.63. The first kappa shape index (κ1) is 15.5. The van der Waals surface area contributed by atoms with Crippen LogP contribution in [0.5, 0.6) is 0 Å². The lowest BCUT2D eigenvalue weighted by atomic mass is 10.0. The molecule has 1 atom stereocenters. The SMILES string of the molecule is Cc1ccc(C(=O)NC(CC(=O)O)C(C)C)cc1Cl. The molecule has 19 heavy (non-hydrogen) atoms. The molecule has 5 heteroatoms. The van der Waals surface area contributed by atoms with Gasteiger partial charge in [-0.25, -0.2) is 0 Å². The number of carboxylic acid groups (broad SMARTS) is 1. The summed E-state index contributed by atoms with van der Waals surface area (Å²) in [7, 11) is 0. The van der Waals surface area contributed by atoms with Gasteiger partial charge in [-0.1, -0.05) is 31.5 Å². The second-order valence-electron chi connectivity index (χ2n) is 4.89. The van der Waals surface area contributed by atoms with Crippen LogP contribution in [0.3, 0.4) is 0 Å². The van der Waals surface area contributed by atoms with Crippen molar-refractivity contribution in [3.8, 4) is 0 Å². The highest BCUT2D eigenvalue weighted by molar-refractivity contribution is 6.31. The van der Waals surface area contributed by atoms with Crippen LogP contribution in [0.4, 0.5) is 0 Å². The highest BCUT2D eigenvalue weighted by Gasteiger charge is 2.20. The third-order valence-corrected chi connectivity index (χ3v) is 3.36. The molecule has 1 unspecified atom stereocenters. The van der Waals surface area contributed by atoms with Gasteiger partial charge in [-0.05, 0) is 30.5 Å². The minimum absolute atomic E-state index is 0.0426. The summed E-state index contributed by atoms with van der Waals surface area (Å²) < 4.78 is 0. The average Bonchev–Trinajstić information content (AvgIpc) is 2.31. The number of aliphatic carboxylic acids is 1. The van der Waals surface area contributed by atoms with Crippen molar-refractivity contribution >= 4 is 23.5 Å². The lowest BCUT2D eigenvalue weighted by Crippen LogP contribution is -2.40. The summed E-state index contributed by atoms with van der Waals surface area (Å²) >= 11 is 5.97. The Hall–Kier alpha value is -1.55. The van der Waals surface area contributed by atoms with Gasteiger partial charge in [0, 0.05) is 16.6 Å². The predicted octanol–water partition coefficient (Wildman–Crippen LogP) is 2.88. The van der Waals surface area contributed by atoms with E-state index in [2.05, 4.69) is 5.32 Å². The fourth-order valence-electron chi connectivity index (χ4n) is 1.63. The summed E-state index contributed by atoms with van der Waals surface area (Å²) in [5.41, 5.74) is 1.33. The quantitative estimate of drug-likeness (QED) is 0.873. The zero-order chi connectivity index (χ0) is 14.6. The van der Waals surface area contributed by atoms with Gasteiger partial charge < -0.3 is 10.4 Å². The zero-order valence-corrected chi connectivity index (χ0v) is 12.0. The standard InChI is InChI=1S/C14H18ClNO3/c1-8(2)12(7-13(17)18)16-14(19)10-5-4-9(3)11(15)6-10/h4-6,8,12H,7H2,1-3H3,(H,16,19)(H,17,18). The Morgan fingerprint density at radius 2 is 2.00 bits per heavy atom. The highest BCUT2D eigenvalue weighted by atomic mass is 35.5. The minimum Gasteiger partial charge on any atom is -0.481 e.